The minimum absolute atomic E-state index is 0.841. The Kier molecular flexibility index (Phi) is 7.52. The zero-order valence-corrected chi connectivity index (χ0v) is 20.7. The lowest BCUT2D eigenvalue weighted by Crippen LogP contribution is -2.33. The summed E-state index contributed by atoms with van der Waals surface area (Å²) in [6, 6.07) is 12.7. The number of benzene rings is 2. The molecule has 3 saturated heterocycles. The quantitative estimate of drug-likeness (QED) is 0.431. The molecule has 5 rings (SSSR count). The van der Waals surface area contributed by atoms with Crippen molar-refractivity contribution >= 4 is 28.4 Å². The fraction of sp³-hybridized carbons (Fsp3) is 0.571. The number of methoxy groups -OCH3 is 1. The van der Waals surface area contributed by atoms with Gasteiger partial charge in [0.1, 0.15) is 11.4 Å². The van der Waals surface area contributed by atoms with Gasteiger partial charge in [-0.3, -0.25) is 0 Å². The maximum atomic E-state index is 5.31. The molecule has 0 amide bonds. The highest BCUT2D eigenvalue weighted by molar-refractivity contribution is 5.86. The molecule has 0 radical (unpaired) electrons. The Morgan fingerprint density at radius 2 is 1.06 bits per heavy atom. The second-order valence-corrected chi connectivity index (χ2v) is 9.87. The first kappa shape index (κ1) is 23.0. The third kappa shape index (κ3) is 5.31. The van der Waals surface area contributed by atoms with Crippen molar-refractivity contribution in [1.29, 1.82) is 0 Å². The van der Waals surface area contributed by atoms with Crippen LogP contribution in [0.25, 0.3) is 0 Å². The van der Waals surface area contributed by atoms with Crippen molar-refractivity contribution in [1.82, 2.24) is 0 Å². The SMILES string of the molecule is COc1ccc(N=Nc2c(N3CCCCC3)cc(N3CCCCC3)cc2N2CCCCC2)cc1. The lowest BCUT2D eigenvalue weighted by atomic mass is 10.0. The largest absolute Gasteiger partial charge is 0.497 e. The molecule has 6 nitrogen and oxygen atoms in total. The normalized spacial score (nSPS) is 19.6. The fourth-order valence-corrected chi connectivity index (χ4v) is 5.54. The van der Waals surface area contributed by atoms with E-state index < -0.39 is 0 Å². The summed E-state index contributed by atoms with van der Waals surface area (Å²) in [5.74, 6) is 0.841. The van der Waals surface area contributed by atoms with Gasteiger partial charge in [0, 0.05) is 45.0 Å². The minimum atomic E-state index is 0.841. The van der Waals surface area contributed by atoms with Gasteiger partial charge >= 0.3 is 0 Å². The number of hydrogen-bond acceptors (Lipinski definition) is 6. The summed E-state index contributed by atoms with van der Waals surface area (Å²) in [5, 5.41) is 9.66. The molecule has 3 aliphatic rings. The first-order valence-electron chi connectivity index (χ1n) is 13.3. The van der Waals surface area contributed by atoms with Gasteiger partial charge in [-0.15, -0.1) is 5.11 Å². The molecule has 3 heterocycles. The molecule has 0 bridgehead atoms. The minimum Gasteiger partial charge on any atom is -0.497 e. The first-order chi connectivity index (χ1) is 16.8. The Morgan fingerprint density at radius 3 is 1.53 bits per heavy atom. The molecule has 2 aromatic rings. The molecule has 6 heteroatoms. The number of piperidine rings is 3. The predicted octanol–water partition coefficient (Wildman–Crippen LogP) is 7.08. The van der Waals surface area contributed by atoms with Gasteiger partial charge in [0.25, 0.3) is 0 Å². The van der Waals surface area contributed by atoms with Gasteiger partial charge in [0.2, 0.25) is 0 Å². The van der Waals surface area contributed by atoms with Gasteiger partial charge in [-0.05, 0) is 94.2 Å². The second-order valence-electron chi connectivity index (χ2n) is 9.87. The van der Waals surface area contributed by atoms with E-state index >= 15 is 0 Å². The van der Waals surface area contributed by atoms with Gasteiger partial charge in [0.05, 0.1) is 24.2 Å². The van der Waals surface area contributed by atoms with E-state index in [0.717, 1.165) is 56.4 Å². The van der Waals surface area contributed by atoms with Crippen molar-refractivity contribution in [2.75, 3.05) is 61.1 Å². The molecule has 34 heavy (non-hydrogen) atoms. The molecule has 182 valence electrons. The molecule has 0 aromatic heterocycles. The van der Waals surface area contributed by atoms with Crippen LogP contribution in [0.3, 0.4) is 0 Å². The van der Waals surface area contributed by atoms with Gasteiger partial charge in [-0.2, -0.15) is 5.11 Å². The topological polar surface area (TPSA) is 43.7 Å². The van der Waals surface area contributed by atoms with E-state index in [1.54, 1.807) is 7.11 Å². The van der Waals surface area contributed by atoms with Crippen LogP contribution in [0.5, 0.6) is 5.75 Å². The average molecular weight is 462 g/mol. The highest BCUT2D eigenvalue weighted by Crippen LogP contribution is 2.45. The third-order valence-electron chi connectivity index (χ3n) is 7.51. The van der Waals surface area contributed by atoms with Crippen molar-refractivity contribution in [3.8, 4) is 5.75 Å². The summed E-state index contributed by atoms with van der Waals surface area (Å²) >= 11 is 0. The van der Waals surface area contributed by atoms with Crippen molar-refractivity contribution in [2.24, 2.45) is 10.2 Å². The van der Waals surface area contributed by atoms with E-state index in [2.05, 4.69) is 26.8 Å². The standard InChI is InChI=1S/C28H39N5O/c1-34-25-13-11-23(12-14-25)29-30-28-26(32-17-7-3-8-18-32)21-24(31-15-5-2-6-16-31)22-27(28)33-19-9-4-10-20-33/h11-14,21-22H,2-10,15-20H2,1H3. The van der Waals surface area contributed by atoms with Crippen LogP contribution in [0.15, 0.2) is 46.6 Å². The first-order valence-corrected chi connectivity index (χ1v) is 13.3. The van der Waals surface area contributed by atoms with Crippen molar-refractivity contribution < 1.29 is 4.74 Å². The zero-order chi connectivity index (χ0) is 23.2. The van der Waals surface area contributed by atoms with E-state index in [1.165, 1.54) is 74.8 Å². The van der Waals surface area contributed by atoms with E-state index in [9.17, 15) is 0 Å². The molecule has 3 fully saturated rings. The summed E-state index contributed by atoms with van der Waals surface area (Å²) < 4.78 is 5.31. The molecule has 2 aromatic carbocycles. The fourth-order valence-electron chi connectivity index (χ4n) is 5.54. The smallest absolute Gasteiger partial charge is 0.132 e. The van der Waals surface area contributed by atoms with Gasteiger partial charge in [-0.1, -0.05) is 0 Å². The van der Waals surface area contributed by atoms with Crippen LogP contribution < -0.4 is 19.4 Å². The van der Waals surface area contributed by atoms with Crippen molar-refractivity contribution in [3.05, 3.63) is 36.4 Å². The Balaban J connectivity index is 1.58. The van der Waals surface area contributed by atoms with E-state index in [4.69, 9.17) is 15.0 Å². The maximum absolute atomic E-state index is 5.31. The summed E-state index contributed by atoms with van der Waals surface area (Å²) in [7, 11) is 1.69. The summed E-state index contributed by atoms with van der Waals surface area (Å²) in [5.41, 5.74) is 5.79. The summed E-state index contributed by atoms with van der Waals surface area (Å²) in [6.45, 7) is 6.74. The van der Waals surface area contributed by atoms with Gasteiger partial charge < -0.3 is 19.4 Å². The Hall–Kier alpha value is -2.76. The number of nitrogens with zero attached hydrogens (tertiary/aromatic N) is 5. The van der Waals surface area contributed by atoms with Gasteiger partial charge in [0.15, 0.2) is 0 Å². The van der Waals surface area contributed by atoms with E-state index in [1.807, 2.05) is 24.3 Å². The monoisotopic (exact) mass is 461 g/mol. The number of ether oxygens (including phenoxy) is 1. The molecular formula is C28H39N5O. The van der Waals surface area contributed by atoms with Crippen LogP contribution in [0.2, 0.25) is 0 Å². The highest BCUT2D eigenvalue weighted by atomic mass is 16.5. The average Bonchev–Trinajstić information content (AvgIpc) is 2.93. The summed E-state index contributed by atoms with van der Waals surface area (Å²) in [6.07, 6.45) is 11.6. The Morgan fingerprint density at radius 1 is 0.588 bits per heavy atom. The molecule has 3 aliphatic heterocycles. The van der Waals surface area contributed by atoms with Crippen LogP contribution in [0, 0.1) is 0 Å². The van der Waals surface area contributed by atoms with Gasteiger partial charge in [-0.25, -0.2) is 0 Å². The van der Waals surface area contributed by atoms with Crippen LogP contribution in [-0.4, -0.2) is 46.4 Å². The maximum Gasteiger partial charge on any atom is 0.132 e. The molecule has 0 aliphatic carbocycles. The zero-order valence-electron chi connectivity index (χ0n) is 20.7. The van der Waals surface area contributed by atoms with Crippen LogP contribution in [-0.2, 0) is 0 Å². The van der Waals surface area contributed by atoms with E-state index in [0.29, 0.717) is 0 Å². The van der Waals surface area contributed by atoms with E-state index in [-0.39, 0.29) is 0 Å². The number of rotatable bonds is 6. The Bertz CT molecular complexity index is 916. The van der Waals surface area contributed by atoms with Crippen LogP contribution in [0.4, 0.5) is 28.4 Å². The highest BCUT2D eigenvalue weighted by Gasteiger charge is 2.25. The second kappa shape index (κ2) is 11.1. The van der Waals surface area contributed by atoms with Crippen molar-refractivity contribution in [3.63, 3.8) is 0 Å². The predicted molar refractivity (Wildman–Crippen MR) is 142 cm³/mol. The molecule has 0 spiro atoms. The van der Waals surface area contributed by atoms with Crippen LogP contribution in [0.1, 0.15) is 57.8 Å². The van der Waals surface area contributed by atoms with Crippen LogP contribution >= 0.6 is 0 Å². The molecule has 0 saturated carbocycles. The van der Waals surface area contributed by atoms with Crippen molar-refractivity contribution in [2.45, 2.75) is 57.8 Å². The number of azo groups is 1. The lowest BCUT2D eigenvalue weighted by Gasteiger charge is -2.36. The number of hydrogen-bond donors (Lipinski definition) is 0. The summed E-state index contributed by atoms with van der Waals surface area (Å²) in [4.78, 5) is 7.72. The molecule has 0 atom stereocenters. The molecule has 0 N–H and O–H groups in total. The lowest BCUT2D eigenvalue weighted by molar-refractivity contribution is 0.415. The molecule has 0 unspecified atom stereocenters. The molecular weight excluding hydrogens is 422 g/mol. The Labute approximate surface area is 204 Å². The third-order valence-corrected chi connectivity index (χ3v) is 7.51. The number of anilines is 3.